The highest BCUT2D eigenvalue weighted by molar-refractivity contribution is 7.92. The van der Waals surface area contributed by atoms with E-state index in [0.29, 0.717) is 32.1 Å². The zero-order valence-electron chi connectivity index (χ0n) is 11.4. The quantitative estimate of drug-likeness (QED) is 0.776. The standard InChI is InChI=1S/C12H21NO5S/c1-3-8-13(9-10(14)15)11(16)12(19(2,17)18)6-4-5-7-12/h3-9H2,1-2H3,(H,14,15). The van der Waals surface area contributed by atoms with Crippen LogP contribution in [0.2, 0.25) is 0 Å². The molecule has 19 heavy (non-hydrogen) atoms. The van der Waals surface area contributed by atoms with E-state index in [1.165, 1.54) is 0 Å². The molecule has 0 heterocycles. The van der Waals surface area contributed by atoms with Crippen LogP contribution in [0.1, 0.15) is 39.0 Å². The summed E-state index contributed by atoms with van der Waals surface area (Å²) >= 11 is 0. The molecule has 1 amide bonds. The van der Waals surface area contributed by atoms with E-state index in [-0.39, 0.29) is 6.54 Å². The fraction of sp³-hybridized carbons (Fsp3) is 0.833. The number of carboxylic acids is 1. The Morgan fingerprint density at radius 2 is 1.79 bits per heavy atom. The van der Waals surface area contributed by atoms with Gasteiger partial charge in [-0.25, -0.2) is 8.42 Å². The highest BCUT2D eigenvalue weighted by Gasteiger charge is 2.51. The molecule has 0 saturated heterocycles. The maximum Gasteiger partial charge on any atom is 0.323 e. The largest absolute Gasteiger partial charge is 0.480 e. The van der Waals surface area contributed by atoms with E-state index in [2.05, 4.69) is 0 Å². The maximum absolute atomic E-state index is 12.5. The number of carbonyl (C=O) groups excluding carboxylic acids is 1. The molecule has 6 nitrogen and oxygen atoms in total. The lowest BCUT2D eigenvalue weighted by Crippen LogP contribution is -2.53. The Morgan fingerprint density at radius 3 is 2.16 bits per heavy atom. The van der Waals surface area contributed by atoms with Gasteiger partial charge < -0.3 is 10.0 Å². The molecule has 0 bridgehead atoms. The summed E-state index contributed by atoms with van der Waals surface area (Å²) in [5.74, 6) is -1.67. The molecule has 110 valence electrons. The van der Waals surface area contributed by atoms with Gasteiger partial charge in [-0.3, -0.25) is 9.59 Å². The van der Waals surface area contributed by atoms with Gasteiger partial charge in [0.05, 0.1) is 0 Å². The van der Waals surface area contributed by atoms with Crippen molar-refractivity contribution in [3.8, 4) is 0 Å². The third kappa shape index (κ3) is 3.26. The second kappa shape index (κ2) is 5.90. The first kappa shape index (κ1) is 15.9. The Bertz CT molecular complexity index is 451. The lowest BCUT2D eigenvalue weighted by Gasteiger charge is -2.32. The first-order valence-corrected chi connectivity index (χ1v) is 8.34. The molecule has 0 spiro atoms. The summed E-state index contributed by atoms with van der Waals surface area (Å²) < 4.78 is 22.6. The van der Waals surface area contributed by atoms with E-state index in [0.717, 1.165) is 11.2 Å². The van der Waals surface area contributed by atoms with Gasteiger partial charge in [0.15, 0.2) is 14.6 Å². The van der Waals surface area contributed by atoms with Crippen LogP contribution >= 0.6 is 0 Å². The van der Waals surface area contributed by atoms with Crippen molar-refractivity contribution in [1.82, 2.24) is 4.90 Å². The highest BCUT2D eigenvalue weighted by Crippen LogP contribution is 2.38. The SMILES string of the molecule is CCCN(CC(=O)O)C(=O)C1(S(C)(=O)=O)CCCC1. The molecule has 1 rings (SSSR count). The van der Waals surface area contributed by atoms with Gasteiger partial charge in [-0.2, -0.15) is 0 Å². The van der Waals surface area contributed by atoms with E-state index in [1.807, 2.05) is 6.92 Å². The van der Waals surface area contributed by atoms with Gasteiger partial charge >= 0.3 is 5.97 Å². The number of nitrogens with zero attached hydrogens (tertiary/aromatic N) is 1. The minimum Gasteiger partial charge on any atom is -0.480 e. The third-order valence-corrected chi connectivity index (χ3v) is 5.62. The first-order chi connectivity index (χ1) is 8.74. The lowest BCUT2D eigenvalue weighted by molar-refractivity contribution is -0.145. The number of hydrogen-bond acceptors (Lipinski definition) is 4. The first-order valence-electron chi connectivity index (χ1n) is 6.45. The van der Waals surface area contributed by atoms with Crippen molar-refractivity contribution in [3.63, 3.8) is 0 Å². The Labute approximate surface area is 113 Å². The molecule has 1 saturated carbocycles. The Kier molecular flexibility index (Phi) is 4.95. The fourth-order valence-electron chi connectivity index (χ4n) is 2.66. The molecule has 0 radical (unpaired) electrons. The monoisotopic (exact) mass is 291 g/mol. The van der Waals surface area contributed by atoms with Crippen LogP contribution in [0.5, 0.6) is 0 Å². The Balaban J connectivity index is 3.07. The molecule has 1 N–H and O–H groups in total. The predicted molar refractivity (Wildman–Crippen MR) is 70.5 cm³/mol. The highest BCUT2D eigenvalue weighted by atomic mass is 32.2. The maximum atomic E-state index is 12.5. The fourth-order valence-corrected chi connectivity index (χ4v) is 4.14. The van der Waals surface area contributed by atoms with Gasteiger partial charge in [-0.05, 0) is 19.3 Å². The summed E-state index contributed by atoms with van der Waals surface area (Å²) in [6, 6.07) is 0. The van der Waals surface area contributed by atoms with Gasteiger partial charge in [0.2, 0.25) is 5.91 Å². The van der Waals surface area contributed by atoms with E-state index in [9.17, 15) is 18.0 Å². The topological polar surface area (TPSA) is 91.8 Å². The molecule has 0 aromatic rings. The smallest absolute Gasteiger partial charge is 0.323 e. The number of aliphatic carboxylic acids is 1. The van der Waals surface area contributed by atoms with Crippen molar-refractivity contribution >= 4 is 21.7 Å². The van der Waals surface area contributed by atoms with Crippen LogP contribution in [0.4, 0.5) is 0 Å². The Hall–Kier alpha value is -1.11. The summed E-state index contributed by atoms with van der Waals surface area (Å²) in [5, 5.41) is 8.85. The normalized spacial score (nSPS) is 18.2. The third-order valence-electron chi connectivity index (χ3n) is 3.62. The second-order valence-corrected chi connectivity index (χ2v) is 7.42. The van der Waals surface area contributed by atoms with Crippen molar-refractivity contribution in [2.24, 2.45) is 0 Å². The zero-order valence-corrected chi connectivity index (χ0v) is 12.2. The number of amides is 1. The van der Waals surface area contributed by atoms with Crippen LogP contribution in [0, 0.1) is 0 Å². The summed E-state index contributed by atoms with van der Waals surface area (Å²) in [7, 11) is -3.55. The van der Waals surface area contributed by atoms with E-state index in [4.69, 9.17) is 5.11 Å². The van der Waals surface area contributed by atoms with Gasteiger partial charge in [0.1, 0.15) is 6.54 Å². The molecule has 0 atom stereocenters. The molecule has 1 fully saturated rings. The molecule has 1 aliphatic rings. The average Bonchev–Trinajstić information content (AvgIpc) is 2.76. The molecule has 0 unspecified atom stereocenters. The lowest BCUT2D eigenvalue weighted by atomic mass is 10.1. The molecular weight excluding hydrogens is 270 g/mol. The van der Waals surface area contributed by atoms with Crippen molar-refractivity contribution < 1.29 is 23.1 Å². The van der Waals surface area contributed by atoms with Crippen LogP contribution in [0.15, 0.2) is 0 Å². The second-order valence-electron chi connectivity index (χ2n) is 5.09. The minimum absolute atomic E-state index is 0.266. The van der Waals surface area contributed by atoms with Crippen molar-refractivity contribution in [1.29, 1.82) is 0 Å². The summed E-state index contributed by atoms with van der Waals surface area (Å²) in [6.45, 7) is 1.65. The van der Waals surface area contributed by atoms with E-state index < -0.39 is 33.0 Å². The van der Waals surface area contributed by atoms with Crippen molar-refractivity contribution in [2.75, 3.05) is 19.3 Å². The van der Waals surface area contributed by atoms with Crippen LogP contribution in [0.3, 0.4) is 0 Å². The summed E-state index contributed by atoms with van der Waals surface area (Å²) in [5.41, 5.74) is 0. The molecule has 7 heteroatoms. The Morgan fingerprint density at radius 1 is 1.26 bits per heavy atom. The van der Waals surface area contributed by atoms with E-state index in [1.54, 1.807) is 0 Å². The summed E-state index contributed by atoms with van der Waals surface area (Å²) in [6.07, 6.45) is 3.63. The number of carboxylic acid groups (broad SMARTS) is 1. The van der Waals surface area contributed by atoms with Gasteiger partial charge in [0.25, 0.3) is 0 Å². The van der Waals surface area contributed by atoms with Crippen LogP contribution in [0.25, 0.3) is 0 Å². The predicted octanol–water partition coefficient (Wildman–Crippen LogP) is 0.667. The average molecular weight is 291 g/mol. The number of rotatable bonds is 6. The minimum atomic E-state index is -3.55. The van der Waals surface area contributed by atoms with E-state index >= 15 is 0 Å². The summed E-state index contributed by atoms with van der Waals surface area (Å²) in [4.78, 5) is 24.5. The number of sulfone groups is 1. The molecular formula is C12H21NO5S. The van der Waals surface area contributed by atoms with Crippen LogP contribution in [-0.4, -0.2) is 54.4 Å². The van der Waals surface area contributed by atoms with Gasteiger partial charge in [0, 0.05) is 12.8 Å². The van der Waals surface area contributed by atoms with Crippen LogP contribution < -0.4 is 0 Å². The van der Waals surface area contributed by atoms with Crippen molar-refractivity contribution in [2.45, 2.75) is 43.8 Å². The van der Waals surface area contributed by atoms with Crippen LogP contribution in [-0.2, 0) is 19.4 Å². The zero-order chi connectivity index (χ0) is 14.7. The van der Waals surface area contributed by atoms with Gasteiger partial charge in [-0.15, -0.1) is 0 Å². The molecule has 0 aromatic carbocycles. The molecule has 1 aliphatic carbocycles. The molecule has 0 aliphatic heterocycles. The number of hydrogen-bond donors (Lipinski definition) is 1. The van der Waals surface area contributed by atoms with Crippen molar-refractivity contribution in [3.05, 3.63) is 0 Å². The number of carbonyl (C=O) groups is 2. The molecule has 0 aromatic heterocycles. The van der Waals surface area contributed by atoms with Gasteiger partial charge in [-0.1, -0.05) is 19.8 Å².